The lowest BCUT2D eigenvalue weighted by molar-refractivity contribution is 0.0937. The van der Waals surface area contributed by atoms with Crippen LogP contribution in [0.3, 0.4) is 0 Å². The molecule has 1 atom stereocenters. The van der Waals surface area contributed by atoms with Crippen LogP contribution in [-0.2, 0) is 0 Å². The van der Waals surface area contributed by atoms with Gasteiger partial charge in [-0.1, -0.05) is 16.8 Å². The molecule has 6 nitrogen and oxygen atoms in total. The van der Waals surface area contributed by atoms with Crippen LogP contribution in [-0.4, -0.2) is 23.2 Å². The van der Waals surface area contributed by atoms with E-state index in [1.807, 2.05) is 0 Å². The number of halogens is 1. The minimum absolute atomic E-state index is 0.271. The van der Waals surface area contributed by atoms with Crippen LogP contribution in [0.4, 0.5) is 0 Å². The smallest absolute Gasteiger partial charge is 0.251 e. The van der Waals surface area contributed by atoms with E-state index in [2.05, 4.69) is 20.0 Å². The number of rotatable bonds is 4. The van der Waals surface area contributed by atoms with E-state index in [0.29, 0.717) is 22.2 Å². The van der Waals surface area contributed by atoms with Gasteiger partial charge in [0.1, 0.15) is 5.75 Å². The molecule has 0 saturated heterocycles. The van der Waals surface area contributed by atoms with Crippen LogP contribution >= 0.6 is 11.6 Å². The minimum Gasteiger partial charge on any atom is -0.495 e. The summed E-state index contributed by atoms with van der Waals surface area (Å²) in [5, 5.41) is 6.86. The van der Waals surface area contributed by atoms with E-state index in [-0.39, 0.29) is 11.9 Å². The summed E-state index contributed by atoms with van der Waals surface area (Å²) < 4.78 is 9.69. The lowest BCUT2D eigenvalue weighted by Gasteiger charge is -2.11. The second-order valence-electron chi connectivity index (χ2n) is 3.83. The largest absolute Gasteiger partial charge is 0.495 e. The van der Waals surface area contributed by atoms with E-state index in [1.165, 1.54) is 13.5 Å². The highest BCUT2D eigenvalue weighted by Gasteiger charge is 2.15. The second kappa shape index (κ2) is 5.71. The van der Waals surface area contributed by atoms with Crippen LogP contribution in [0.25, 0.3) is 0 Å². The number of nitrogens with one attached hydrogen (secondary N) is 1. The maximum Gasteiger partial charge on any atom is 0.251 e. The zero-order valence-electron chi connectivity index (χ0n) is 10.4. The molecule has 0 saturated carbocycles. The molecule has 1 heterocycles. The van der Waals surface area contributed by atoms with Crippen LogP contribution in [0.2, 0.25) is 5.02 Å². The van der Waals surface area contributed by atoms with Crippen molar-refractivity contribution < 1.29 is 14.1 Å². The van der Waals surface area contributed by atoms with Gasteiger partial charge < -0.3 is 14.6 Å². The fourth-order valence-corrected chi connectivity index (χ4v) is 1.71. The SMILES string of the molecule is COc1cc(C(=O)N[C@@H](C)c2ncon2)ccc1Cl. The molecule has 2 rings (SSSR count). The van der Waals surface area contributed by atoms with Gasteiger partial charge in [0.2, 0.25) is 6.39 Å². The number of carbonyl (C=O) groups is 1. The Morgan fingerprint density at radius 2 is 2.32 bits per heavy atom. The van der Waals surface area contributed by atoms with Gasteiger partial charge >= 0.3 is 0 Å². The first-order chi connectivity index (χ1) is 9.11. The summed E-state index contributed by atoms with van der Waals surface area (Å²) in [6.07, 6.45) is 1.21. The van der Waals surface area contributed by atoms with Crippen LogP contribution < -0.4 is 10.1 Å². The lowest BCUT2D eigenvalue weighted by atomic mass is 10.2. The monoisotopic (exact) mass is 281 g/mol. The molecule has 1 N–H and O–H groups in total. The van der Waals surface area contributed by atoms with Gasteiger partial charge in [-0.3, -0.25) is 4.79 Å². The molecule has 0 aliphatic heterocycles. The van der Waals surface area contributed by atoms with Gasteiger partial charge in [0, 0.05) is 5.56 Å². The van der Waals surface area contributed by atoms with Crippen molar-refractivity contribution in [3.05, 3.63) is 41.0 Å². The number of amides is 1. The van der Waals surface area contributed by atoms with Crippen molar-refractivity contribution in [1.29, 1.82) is 0 Å². The summed E-state index contributed by atoms with van der Waals surface area (Å²) >= 11 is 5.90. The van der Waals surface area contributed by atoms with Gasteiger partial charge in [-0.2, -0.15) is 4.98 Å². The topological polar surface area (TPSA) is 77.2 Å². The van der Waals surface area contributed by atoms with Crippen molar-refractivity contribution in [2.45, 2.75) is 13.0 Å². The second-order valence-corrected chi connectivity index (χ2v) is 4.24. The lowest BCUT2D eigenvalue weighted by Crippen LogP contribution is -2.27. The minimum atomic E-state index is -0.354. The number of methoxy groups -OCH3 is 1. The summed E-state index contributed by atoms with van der Waals surface area (Å²) in [6.45, 7) is 1.76. The molecule has 1 aromatic carbocycles. The van der Waals surface area contributed by atoms with Gasteiger partial charge in [-0.15, -0.1) is 0 Å². The molecule has 0 spiro atoms. The zero-order chi connectivity index (χ0) is 13.8. The maximum absolute atomic E-state index is 12.0. The molecular formula is C12H12ClN3O3. The van der Waals surface area contributed by atoms with Gasteiger partial charge in [-0.05, 0) is 25.1 Å². The summed E-state index contributed by atoms with van der Waals surface area (Å²) in [6, 6.07) is 4.44. The number of hydrogen-bond acceptors (Lipinski definition) is 5. The molecule has 100 valence electrons. The Balaban J connectivity index is 2.12. The zero-order valence-corrected chi connectivity index (χ0v) is 11.1. The summed E-state index contributed by atoms with van der Waals surface area (Å²) in [5.74, 6) is 0.586. The number of nitrogens with zero attached hydrogens (tertiary/aromatic N) is 2. The molecule has 0 unspecified atom stereocenters. The number of aromatic nitrogens is 2. The summed E-state index contributed by atoms with van der Waals surface area (Å²) in [7, 11) is 1.49. The molecular weight excluding hydrogens is 270 g/mol. The highest BCUT2D eigenvalue weighted by atomic mass is 35.5. The molecule has 0 bridgehead atoms. The predicted molar refractivity (Wildman–Crippen MR) is 68.2 cm³/mol. The Kier molecular flexibility index (Phi) is 4.01. The molecule has 0 fully saturated rings. The third-order valence-corrected chi connectivity index (χ3v) is 2.84. The van der Waals surface area contributed by atoms with E-state index in [9.17, 15) is 4.79 Å². The Morgan fingerprint density at radius 3 is 2.95 bits per heavy atom. The Morgan fingerprint density at radius 1 is 1.53 bits per heavy atom. The number of benzene rings is 1. The number of carbonyl (C=O) groups excluding carboxylic acids is 1. The van der Waals surface area contributed by atoms with Gasteiger partial charge in [0.15, 0.2) is 5.82 Å². The highest BCUT2D eigenvalue weighted by molar-refractivity contribution is 6.32. The van der Waals surface area contributed by atoms with E-state index in [4.69, 9.17) is 16.3 Å². The third-order valence-electron chi connectivity index (χ3n) is 2.53. The average Bonchev–Trinajstić information content (AvgIpc) is 2.93. The van der Waals surface area contributed by atoms with E-state index < -0.39 is 0 Å². The van der Waals surface area contributed by atoms with Crippen molar-refractivity contribution >= 4 is 17.5 Å². The normalized spacial score (nSPS) is 11.9. The van der Waals surface area contributed by atoms with Crippen molar-refractivity contribution in [2.24, 2.45) is 0 Å². The van der Waals surface area contributed by atoms with Gasteiger partial charge in [-0.25, -0.2) is 0 Å². The molecule has 1 amide bonds. The Labute approximate surface area is 114 Å². The molecule has 0 radical (unpaired) electrons. The first-order valence-electron chi connectivity index (χ1n) is 5.52. The molecule has 0 aliphatic carbocycles. The van der Waals surface area contributed by atoms with Crippen molar-refractivity contribution in [1.82, 2.24) is 15.5 Å². The summed E-state index contributed by atoms with van der Waals surface area (Å²) in [4.78, 5) is 15.9. The van der Waals surface area contributed by atoms with E-state index >= 15 is 0 Å². The van der Waals surface area contributed by atoms with Gasteiger partial charge in [0.25, 0.3) is 5.91 Å². The molecule has 19 heavy (non-hydrogen) atoms. The van der Waals surface area contributed by atoms with Crippen LogP contribution in [0.15, 0.2) is 29.1 Å². The molecule has 0 aliphatic rings. The first kappa shape index (κ1) is 13.4. The number of ether oxygens (including phenoxy) is 1. The Bertz CT molecular complexity index is 572. The van der Waals surface area contributed by atoms with Crippen LogP contribution in [0, 0.1) is 0 Å². The standard InChI is InChI=1S/C12H12ClN3O3/c1-7(11-14-6-19-16-11)15-12(17)8-3-4-9(13)10(5-8)18-2/h3-7H,1-2H3,(H,15,17)/t7-/m0/s1. The fraction of sp³-hybridized carbons (Fsp3) is 0.250. The quantitative estimate of drug-likeness (QED) is 0.930. The average molecular weight is 282 g/mol. The summed E-state index contributed by atoms with van der Waals surface area (Å²) in [5.41, 5.74) is 0.441. The van der Waals surface area contributed by atoms with Crippen LogP contribution in [0.5, 0.6) is 5.75 Å². The van der Waals surface area contributed by atoms with E-state index in [0.717, 1.165) is 0 Å². The fourth-order valence-electron chi connectivity index (χ4n) is 1.52. The van der Waals surface area contributed by atoms with E-state index in [1.54, 1.807) is 25.1 Å². The predicted octanol–water partition coefficient (Wildman–Crippen LogP) is 2.22. The van der Waals surface area contributed by atoms with Gasteiger partial charge in [0.05, 0.1) is 18.2 Å². The highest BCUT2D eigenvalue weighted by Crippen LogP contribution is 2.25. The third kappa shape index (κ3) is 3.03. The Hall–Kier alpha value is -2.08. The first-order valence-corrected chi connectivity index (χ1v) is 5.90. The maximum atomic E-state index is 12.0. The molecule has 1 aromatic heterocycles. The van der Waals surface area contributed by atoms with Crippen LogP contribution in [0.1, 0.15) is 29.1 Å². The number of hydrogen-bond donors (Lipinski definition) is 1. The molecule has 7 heteroatoms. The molecule has 2 aromatic rings. The van der Waals surface area contributed by atoms with Crippen molar-refractivity contribution in [3.8, 4) is 5.75 Å². The van der Waals surface area contributed by atoms with Crippen molar-refractivity contribution in [2.75, 3.05) is 7.11 Å². The van der Waals surface area contributed by atoms with Crippen molar-refractivity contribution in [3.63, 3.8) is 0 Å².